The number of benzene rings is 2. The number of hydrogen-bond acceptors (Lipinski definition) is 2. The number of carbonyl (C=O) groups excluding carboxylic acids is 1. The first-order valence-electron chi connectivity index (χ1n) is 9.44. The molecule has 1 aliphatic rings. The Hall–Kier alpha value is -3.09. The van der Waals surface area contributed by atoms with Crippen LogP contribution >= 0.6 is 0 Å². The van der Waals surface area contributed by atoms with Gasteiger partial charge >= 0.3 is 6.18 Å². The Balaban J connectivity index is 1.53. The number of rotatable bonds is 6. The second-order valence-electron chi connectivity index (χ2n) is 7.22. The lowest BCUT2D eigenvalue weighted by molar-refractivity contribution is -0.138. The predicted octanol–water partition coefficient (Wildman–Crippen LogP) is 4.76. The van der Waals surface area contributed by atoms with Gasteiger partial charge in [-0.15, -0.1) is 0 Å². The van der Waals surface area contributed by atoms with Crippen LogP contribution in [0.25, 0.3) is 0 Å². The van der Waals surface area contributed by atoms with E-state index in [1.807, 2.05) is 24.4 Å². The third-order valence-electron chi connectivity index (χ3n) is 5.02. The maximum Gasteiger partial charge on any atom is 0.416 e. The molecule has 0 N–H and O–H groups in total. The first kappa shape index (κ1) is 19.2. The van der Waals surface area contributed by atoms with Crippen LogP contribution in [-0.4, -0.2) is 26.6 Å². The van der Waals surface area contributed by atoms with E-state index in [-0.39, 0.29) is 24.1 Å². The van der Waals surface area contributed by atoms with Crippen molar-refractivity contribution in [2.24, 2.45) is 0 Å². The molecule has 4 nitrogen and oxygen atoms in total. The molecule has 4 rings (SSSR count). The highest BCUT2D eigenvalue weighted by Gasteiger charge is 2.37. The van der Waals surface area contributed by atoms with Crippen LogP contribution in [-0.2, 0) is 19.3 Å². The van der Waals surface area contributed by atoms with Crippen LogP contribution in [0.1, 0.15) is 39.9 Å². The van der Waals surface area contributed by atoms with Crippen molar-refractivity contribution in [2.75, 3.05) is 0 Å². The Labute approximate surface area is 166 Å². The molecule has 0 unspecified atom stereocenters. The van der Waals surface area contributed by atoms with E-state index >= 15 is 0 Å². The second kappa shape index (κ2) is 7.73. The molecule has 2 aromatic carbocycles. The first-order valence-corrected chi connectivity index (χ1v) is 9.44. The van der Waals surface area contributed by atoms with Crippen LogP contribution in [0.3, 0.4) is 0 Å². The molecule has 3 aromatic rings. The fourth-order valence-electron chi connectivity index (χ4n) is 3.37. The number of halogens is 3. The Bertz CT molecular complexity index is 977. The molecule has 1 saturated carbocycles. The van der Waals surface area contributed by atoms with Crippen molar-refractivity contribution in [3.8, 4) is 0 Å². The van der Waals surface area contributed by atoms with Gasteiger partial charge in [0.05, 0.1) is 12.1 Å². The predicted molar refractivity (Wildman–Crippen MR) is 102 cm³/mol. The topological polar surface area (TPSA) is 38.1 Å². The number of hydrogen-bond donors (Lipinski definition) is 0. The van der Waals surface area contributed by atoms with Crippen LogP contribution in [0.2, 0.25) is 0 Å². The van der Waals surface area contributed by atoms with Crippen LogP contribution < -0.4 is 0 Å². The largest absolute Gasteiger partial charge is 0.416 e. The monoisotopic (exact) mass is 399 g/mol. The number of amides is 1. The van der Waals surface area contributed by atoms with Crippen molar-refractivity contribution in [1.82, 2.24) is 14.7 Å². The van der Waals surface area contributed by atoms with E-state index in [0.717, 1.165) is 24.5 Å². The van der Waals surface area contributed by atoms with Gasteiger partial charge in [0.2, 0.25) is 0 Å². The summed E-state index contributed by atoms with van der Waals surface area (Å²) in [7, 11) is 0. The van der Waals surface area contributed by atoms with Crippen LogP contribution in [0.5, 0.6) is 0 Å². The lowest BCUT2D eigenvalue weighted by Crippen LogP contribution is -2.33. The Morgan fingerprint density at radius 2 is 1.79 bits per heavy atom. The van der Waals surface area contributed by atoms with Crippen LogP contribution in [0.4, 0.5) is 13.2 Å². The molecular weight excluding hydrogens is 379 g/mol. The van der Waals surface area contributed by atoms with Gasteiger partial charge in [-0.1, -0.05) is 30.3 Å². The zero-order valence-corrected chi connectivity index (χ0v) is 15.6. The minimum absolute atomic E-state index is 0.00691. The van der Waals surface area contributed by atoms with E-state index in [9.17, 15) is 18.0 Å². The molecule has 0 atom stereocenters. The van der Waals surface area contributed by atoms with Gasteiger partial charge in [0.15, 0.2) is 0 Å². The normalized spacial score (nSPS) is 14.0. The summed E-state index contributed by atoms with van der Waals surface area (Å²) < 4.78 is 41.8. The summed E-state index contributed by atoms with van der Waals surface area (Å²) in [5.41, 5.74) is 0.903. The zero-order chi connectivity index (χ0) is 20.4. The average molecular weight is 399 g/mol. The van der Waals surface area contributed by atoms with Crippen molar-refractivity contribution >= 4 is 5.91 Å². The summed E-state index contributed by atoms with van der Waals surface area (Å²) in [6, 6.07) is 14.4. The Kier molecular flexibility index (Phi) is 5.13. The highest BCUT2D eigenvalue weighted by Crippen LogP contribution is 2.35. The quantitative estimate of drug-likeness (QED) is 0.600. The van der Waals surface area contributed by atoms with Gasteiger partial charge in [0, 0.05) is 30.5 Å². The van der Waals surface area contributed by atoms with Gasteiger partial charge < -0.3 is 4.90 Å². The summed E-state index contributed by atoms with van der Waals surface area (Å²) in [6.07, 6.45) is 0.744. The number of alkyl halides is 3. The number of nitrogens with zero attached hydrogens (tertiary/aromatic N) is 3. The molecule has 7 heteroatoms. The number of carbonyl (C=O) groups is 1. The summed E-state index contributed by atoms with van der Waals surface area (Å²) in [4.78, 5) is 14.6. The van der Waals surface area contributed by atoms with Crippen molar-refractivity contribution in [2.45, 2.75) is 38.1 Å². The average Bonchev–Trinajstić information content (AvgIpc) is 3.42. The molecule has 1 amide bonds. The maximum absolute atomic E-state index is 13.3. The third-order valence-corrected chi connectivity index (χ3v) is 5.02. The summed E-state index contributed by atoms with van der Waals surface area (Å²) in [5, 5.41) is 4.15. The SMILES string of the molecule is O=C(c1ccc(Cn2cccn2)cc1)N(Cc1ccccc1C(F)(F)F)C1CC1. The number of aromatic nitrogens is 2. The van der Waals surface area contributed by atoms with Gasteiger partial charge in [-0.3, -0.25) is 9.48 Å². The molecule has 0 spiro atoms. The molecule has 150 valence electrons. The Morgan fingerprint density at radius 3 is 2.41 bits per heavy atom. The van der Waals surface area contributed by atoms with Gasteiger partial charge in [-0.2, -0.15) is 18.3 Å². The molecule has 0 radical (unpaired) electrons. The van der Waals surface area contributed by atoms with Gasteiger partial charge in [0.1, 0.15) is 0 Å². The lowest BCUT2D eigenvalue weighted by Gasteiger charge is -2.24. The highest BCUT2D eigenvalue weighted by atomic mass is 19.4. The first-order chi connectivity index (χ1) is 13.9. The molecule has 1 aromatic heterocycles. The van der Waals surface area contributed by atoms with E-state index in [1.54, 1.807) is 34.0 Å². The molecule has 29 heavy (non-hydrogen) atoms. The van der Waals surface area contributed by atoms with Gasteiger partial charge in [-0.25, -0.2) is 0 Å². The standard InChI is InChI=1S/C22H20F3N3O/c23-22(24,25)20-5-2-1-4-18(20)15-28(19-10-11-19)21(29)17-8-6-16(7-9-17)14-27-13-3-12-26-27/h1-9,12-13,19H,10-11,14-15H2. The van der Waals surface area contributed by atoms with Crippen LogP contribution in [0, 0.1) is 0 Å². The van der Waals surface area contributed by atoms with E-state index in [2.05, 4.69) is 5.10 Å². The minimum atomic E-state index is -4.44. The molecule has 0 bridgehead atoms. The Morgan fingerprint density at radius 1 is 1.07 bits per heavy atom. The smallest absolute Gasteiger partial charge is 0.331 e. The van der Waals surface area contributed by atoms with Crippen molar-refractivity contribution < 1.29 is 18.0 Å². The minimum Gasteiger partial charge on any atom is -0.331 e. The summed E-state index contributed by atoms with van der Waals surface area (Å²) in [6.45, 7) is 0.543. The molecular formula is C22H20F3N3O. The summed E-state index contributed by atoms with van der Waals surface area (Å²) in [5.74, 6) is -0.241. The van der Waals surface area contributed by atoms with E-state index in [1.165, 1.54) is 12.1 Å². The fraction of sp³-hybridized carbons (Fsp3) is 0.273. The second-order valence-corrected chi connectivity index (χ2v) is 7.22. The van der Waals surface area contributed by atoms with Crippen LogP contribution in [0.15, 0.2) is 67.0 Å². The van der Waals surface area contributed by atoms with Crippen molar-refractivity contribution in [3.05, 3.63) is 89.2 Å². The molecule has 1 aliphatic carbocycles. The van der Waals surface area contributed by atoms with E-state index in [0.29, 0.717) is 12.1 Å². The summed E-state index contributed by atoms with van der Waals surface area (Å²) >= 11 is 0. The van der Waals surface area contributed by atoms with E-state index < -0.39 is 11.7 Å². The van der Waals surface area contributed by atoms with Gasteiger partial charge in [-0.05, 0) is 48.2 Å². The molecule has 1 fully saturated rings. The van der Waals surface area contributed by atoms with E-state index in [4.69, 9.17) is 0 Å². The molecule has 0 saturated heterocycles. The zero-order valence-electron chi connectivity index (χ0n) is 15.6. The highest BCUT2D eigenvalue weighted by molar-refractivity contribution is 5.94. The molecule has 1 heterocycles. The maximum atomic E-state index is 13.3. The fourth-order valence-corrected chi connectivity index (χ4v) is 3.37. The van der Waals surface area contributed by atoms with Gasteiger partial charge in [0.25, 0.3) is 5.91 Å². The van der Waals surface area contributed by atoms with Crippen molar-refractivity contribution in [1.29, 1.82) is 0 Å². The lowest BCUT2D eigenvalue weighted by atomic mass is 10.1. The third kappa shape index (κ3) is 4.50. The van der Waals surface area contributed by atoms with Crippen molar-refractivity contribution in [3.63, 3.8) is 0 Å². The molecule has 0 aliphatic heterocycles.